The fraction of sp³-hybridized carbons (Fsp3) is 0.778. The molecule has 2 rings (SSSR count). The molecule has 1 fully saturated rings. The first-order valence-electron chi connectivity index (χ1n) is 4.99. The SMILES string of the molecule is Cn1[nH]c(CC2CCCCO2)nc1=S. The van der Waals surface area contributed by atoms with E-state index in [-0.39, 0.29) is 0 Å². The molecule has 2 heterocycles. The first-order chi connectivity index (χ1) is 6.75. The molecule has 1 aliphatic rings. The van der Waals surface area contributed by atoms with Crippen LogP contribution < -0.4 is 0 Å². The van der Waals surface area contributed by atoms with Gasteiger partial charge in [0.05, 0.1) is 6.10 Å². The number of ether oxygens (including phenoxy) is 1. The lowest BCUT2D eigenvalue weighted by atomic mass is 10.1. The van der Waals surface area contributed by atoms with Crippen LogP contribution in [0.15, 0.2) is 0 Å². The molecule has 78 valence electrons. The molecule has 0 aromatic carbocycles. The largest absolute Gasteiger partial charge is 0.378 e. The Morgan fingerprint density at radius 1 is 1.64 bits per heavy atom. The molecular formula is C9H15N3OS. The van der Waals surface area contributed by atoms with Gasteiger partial charge in [-0.15, -0.1) is 0 Å². The second kappa shape index (κ2) is 4.23. The zero-order valence-corrected chi connectivity index (χ0v) is 9.14. The standard InChI is InChI=1S/C9H15N3OS/c1-12-9(14)10-8(11-12)6-7-4-2-3-5-13-7/h7H,2-6H2,1H3,(H,10,11,14). The Labute approximate surface area is 88.3 Å². The van der Waals surface area contributed by atoms with E-state index in [1.807, 2.05) is 7.05 Å². The normalized spacial score (nSPS) is 22.5. The second-order valence-corrected chi connectivity index (χ2v) is 4.07. The number of aromatic nitrogens is 3. The monoisotopic (exact) mass is 213 g/mol. The molecule has 1 unspecified atom stereocenters. The van der Waals surface area contributed by atoms with E-state index in [0.29, 0.717) is 10.9 Å². The van der Waals surface area contributed by atoms with Crippen molar-refractivity contribution in [2.45, 2.75) is 31.8 Å². The van der Waals surface area contributed by atoms with Gasteiger partial charge in [0, 0.05) is 20.1 Å². The average molecular weight is 213 g/mol. The van der Waals surface area contributed by atoms with E-state index in [9.17, 15) is 0 Å². The topological polar surface area (TPSA) is 42.8 Å². The van der Waals surface area contributed by atoms with Crippen LogP contribution in [0, 0.1) is 4.77 Å². The van der Waals surface area contributed by atoms with Gasteiger partial charge in [-0.05, 0) is 31.5 Å². The molecule has 1 aromatic heterocycles. The summed E-state index contributed by atoms with van der Waals surface area (Å²) >= 11 is 5.02. The van der Waals surface area contributed by atoms with Crippen molar-refractivity contribution in [3.05, 3.63) is 10.6 Å². The lowest BCUT2D eigenvalue weighted by molar-refractivity contribution is 0.0156. The smallest absolute Gasteiger partial charge is 0.215 e. The zero-order chi connectivity index (χ0) is 9.97. The van der Waals surface area contributed by atoms with E-state index in [0.717, 1.165) is 25.3 Å². The van der Waals surface area contributed by atoms with Crippen LogP contribution in [-0.4, -0.2) is 27.5 Å². The Bertz CT molecular complexity index is 351. The van der Waals surface area contributed by atoms with Gasteiger partial charge < -0.3 is 4.74 Å². The Balaban J connectivity index is 1.99. The molecule has 1 N–H and O–H groups in total. The highest BCUT2D eigenvalue weighted by molar-refractivity contribution is 7.71. The molecule has 0 radical (unpaired) electrons. The minimum Gasteiger partial charge on any atom is -0.378 e. The highest BCUT2D eigenvalue weighted by Gasteiger charge is 2.15. The molecule has 4 nitrogen and oxygen atoms in total. The van der Waals surface area contributed by atoms with Gasteiger partial charge in [0.25, 0.3) is 0 Å². The van der Waals surface area contributed by atoms with Crippen LogP contribution >= 0.6 is 12.2 Å². The number of hydrogen-bond donors (Lipinski definition) is 1. The first kappa shape index (κ1) is 9.86. The number of aryl methyl sites for hydroxylation is 1. The maximum absolute atomic E-state index is 5.63. The van der Waals surface area contributed by atoms with Crippen LogP contribution in [0.5, 0.6) is 0 Å². The molecule has 0 aliphatic carbocycles. The van der Waals surface area contributed by atoms with Crippen molar-refractivity contribution < 1.29 is 4.74 Å². The fourth-order valence-electron chi connectivity index (χ4n) is 1.73. The van der Waals surface area contributed by atoms with Gasteiger partial charge in [0.2, 0.25) is 4.77 Å². The van der Waals surface area contributed by atoms with Crippen molar-refractivity contribution in [2.75, 3.05) is 6.61 Å². The van der Waals surface area contributed by atoms with Crippen molar-refractivity contribution >= 4 is 12.2 Å². The first-order valence-corrected chi connectivity index (χ1v) is 5.40. The van der Waals surface area contributed by atoms with Crippen molar-refractivity contribution in [3.63, 3.8) is 0 Å². The van der Waals surface area contributed by atoms with Crippen molar-refractivity contribution in [3.8, 4) is 0 Å². The van der Waals surface area contributed by atoms with Crippen molar-refractivity contribution in [1.29, 1.82) is 0 Å². The third-order valence-corrected chi connectivity index (χ3v) is 2.87. The van der Waals surface area contributed by atoms with Gasteiger partial charge in [-0.25, -0.2) is 4.98 Å². The van der Waals surface area contributed by atoms with Crippen LogP contribution in [0.4, 0.5) is 0 Å². The van der Waals surface area contributed by atoms with Crippen LogP contribution in [0.25, 0.3) is 0 Å². The maximum atomic E-state index is 5.63. The van der Waals surface area contributed by atoms with Gasteiger partial charge in [-0.1, -0.05) is 0 Å². The highest BCUT2D eigenvalue weighted by Crippen LogP contribution is 2.15. The fourth-order valence-corrected chi connectivity index (χ4v) is 1.89. The summed E-state index contributed by atoms with van der Waals surface area (Å²) in [6.45, 7) is 0.887. The van der Waals surface area contributed by atoms with Gasteiger partial charge in [0.15, 0.2) is 0 Å². The summed E-state index contributed by atoms with van der Waals surface area (Å²) in [5, 5.41) is 3.11. The van der Waals surface area contributed by atoms with E-state index in [1.165, 1.54) is 12.8 Å². The third-order valence-electron chi connectivity index (χ3n) is 2.51. The lowest BCUT2D eigenvalue weighted by Crippen LogP contribution is -2.21. The zero-order valence-electron chi connectivity index (χ0n) is 8.32. The molecular weight excluding hydrogens is 198 g/mol. The summed E-state index contributed by atoms with van der Waals surface area (Å²) < 4.78 is 7.99. The summed E-state index contributed by atoms with van der Waals surface area (Å²) in [7, 11) is 1.88. The number of hydrogen-bond acceptors (Lipinski definition) is 3. The highest BCUT2D eigenvalue weighted by atomic mass is 32.1. The number of rotatable bonds is 2. The molecule has 0 spiro atoms. The molecule has 1 aromatic rings. The van der Waals surface area contributed by atoms with Gasteiger partial charge >= 0.3 is 0 Å². The molecule has 1 saturated heterocycles. The molecule has 0 bridgehead atoms. The van der Waals surface area contributed by atoms with Crippen LogP contribution in [-0.2, 0) is 18.2 Å². The van der Waals surface area contributed by atoms with E-state index < -0.39 is 0 Å². The van der Waals surface area contributed by atoms with E-state index >= 15 is 0 Å². The van der Waals surface area contributed by atoms with Crippen LogP contribution in [0.2, 0.25) is 0 Å². The number of nitrogens with zero attached hydrogens (tertiary/aromatic N) is 2. The molecule has 5 heteroatoms. The summed E-state index contributed by atoms with van der Waals surface area (Å²) in [6, 6.07) is 0. The predicted molar refractivity (Wildman–Crippen MR) is 55.7 cm³/mol. The number of H-pyrrole nitrogens is 1. The predicted octanol–water partition coefficient (Wildman–Crippen LogP) is 1.59. The summed E-state index contributed by atoms with van der Waals surface area (Å²) in [6.07, 6.45) is 4.76. The quantitative estimate of drug-likeness (QED) is 0.759. The molecule has 1 atom stereocenters. The van der Waals surface area contributed by atoms with Crippen molar-refractivity contribution in [2.24, 2.45) is 7.05 Å². The summed E-state index contributed by atoms with van der Waals surface area (Å²) in [5.41, 5.74) is 0. The van der Waals surface area contributed by atoms with Crippen molar-refractivity contribution in [1.82, 2.24) is 14.8 Å². The van der Waals surface area contributed by atoms with E-state index in [2.05, 4.69) is 10.1 Å². The minimum absolute atomic E-state index is 0.323. The van der Waals surface area contributed by atoms with Gasteiger partial charge in [0.1, 0.15) is 5.82 Å². The minimum atomic E-state index is 0.323. The van der Waals surface area contributed by atoms with Gasteiger partial charge in [-0.2, -0.15) is 0 Å². The Kier molecular flexibility index (Phi) is 2.98. The van der Waals surface area contributed by atoms with Gasteiger partial charge in [-0.3, -0.25) is 9.78 Å². The van der Waals surface area contributed by atoms with Crippen LogP contribution in [0.1, 0.15) is 25.1 Å². The molecule has 14 heavy (non-hydrogen) atoms. The molecule has 1 aliphatic heterocycles. The Morgan fingerprint density at radius 2 is 2.50 bits per heavy atom. The lowest BCUT2D eigenvalue weighted by Gasteiger charge is -2.21. The van der Waals surface area contributed by atoms with E-state index in [1.54, 1.807) is 4.68 Å². The summed E-state index contributed by atoms with van der Waals surface area (Å²) in [5.74, 6) is 0.935. The number of aromatic amines is 1. The molecule has 0 saturated carbocycles. The molecule has 0 amide bonds. The Hall–Kier alpha value is -0.680. The van der Waals surface area contributed by atoms with Crippen LogP contribution in [0.3, 0.4) is 0 Å². The number of nitrogens with one attached hydrogen (secondary N) is 1. The maximum Gasteiger partial charge on any atom is 0.215 e. The third kappa shape index (κ3) is 2.22. The summed E-state index contributed by atoms with van der Waals surface area (Å²) in [4.78, 5) is 4.25. The Morgan fingerprint density at radius 3 is 3.07 bits per heavy atom. The van der Waals surface area contributed by atoms with E-state index in [4.69, 9.17) is 17.0 Å². The average Bonchev–Trinajstić information content (AvgIpc) is 2.47. The second-order valence-electron chi connectivity index (χ2n) is 3.70.